The van der Waals surface area contributed by atoms with E-state index in [-0.39, 0.29) is 0 Å². The molecular formula is C20H24N4. The van der Waals surface area contributed by atoms with Crippen molar-refractivity contribution in [1.82, 2.24) is 20.3 Å². The summed E-state index contributed by atoms with van der Waals surface area (Å²) in [6.07, 6.45) is 5.88. The van der Waals surface area contributed by atoms with E-state index in [0.29, 0.717) is 18.0 Å². The molecule has 0 aliphatic carbocycles. The standard InChI is InChI=1S/C20H24N4/c1-12-4-5-15(8-13(12)2)18-10-16(9-14(3)23-18)20-22-11-19-17(24-20)6-7-21-19/h4-8,11,14,16,18,23H,9-10H2,1-3H3,(H,22,24). The highest BCUT2D eigenvalue weighted by Gasteiger charge is 2.29. The maximum atomic E-state index is 4.65. The van der Waals surface area contributed by atoms with E-state index in [9.17, 15) is 0 Å². The van der Waals surface area contributed by atoms with Gasteiger partial charge in [0.1, 0.15) is 11.5 Å². The smallest absolute Gasteiger partial charge is 0.109 e. The van der Waals surface area contributed by atoms with Crippen LogP contribution in [0.3, 0.4) is 0 Å². The lowest BCUT2D eigenvalue weighted by molar-refractivity contribution is 0.299. The Labute approximate surface area is 143 Å². The van der Waals surface area contributed by atoms with Gasteiger partial charge in [-0.15, -0.1) is 0 Å². The van der Waals surface area contributed by atoms with Crippen LogP contribution in [0.5, 0.6) is 0 Å². The van der Waals surface area contributed by atoms with Crippen molar-refractivity contribution >= 4 is 0 Å². The first-order valence-corrected chi connectivity index (χ1v) is 8.73. The van der Waals surface area contributed by atoms with Crippen LogP contribution in [0.25, 0.3) is 11.4 Å². The van der Waals surface area contributed by atoms with E-state index < -0.39 is 0 Å². The number of hydrogen-bond donors (Lipinski definition) is 2. The minimum absolute atomic E-state index is 0.377. The summed E-state index contributed by atoms with van der Waals surface area (Å²) in [4.78, 5) is 12.4. The largest absolute Gasteiger partial charge is 0.342 e. The number of rotatable bonds is 2. The number of nitrogens with one attached hydrogen (secondary N) is 2. The van der Waals surface area contributed by atoms with Crippen LogP contribution in [-0.4, -0.2) is 21.0 Å². The van der Waals surface area contributed by atoms with Gasteiger partial charge in [0.2, 0.25) is 0 Å². The topological polar surface area (TPSA) is 53.6 Å². The summed E-state index contributed by atoms with van der Waals surface area (Å²) < 4.78 is 0. The maximum absolute atomic E-state index is 4.65. The molecule has 3 unspecified atom stereocenters. The highest BCUT2D eigenvalue weighted by Crippen LogP contribution is 2.36. The second-order valence-electron chi connectivity index (χ2n) is 7.14. The van der Waals surface area contributed by atoms with Crippen LogP contribution in [0.4, 0.5) is 0 Å². The second-order valence-corrected chi connectivity index (χ2v) is 7.14. The summed E-state index contributed by atoms with van der Waals surface area (Å²) >= 11 is 0. The van der Waals surface area contributed by atoms with E-state index in [0.717, 1.165) is 30.1 Å². The molecule has 3 heterocycles. The number of H-pyrrole nitrogens is 1. The quantitative estimate of drug-likeness (QED) is 0.746. The lowest BCUT2D eigenvalue weighted by Gasteiger charge is -2.35. The number of aromatic nitrogens is 3. The molecule has 3 aliphatic heterocycles. The number of nitrogens with zero attached hydrogens (tertiary/aromatic N) is 2. The second kappa shape index (κ2) is 6.02. The first-order valence-electron chi connectivity index (χ1n) is 8.73. The van der Waals surface area contributed by atoms with E-state index in [4.69, 9.17) is 0 Å². The van der Waals surface area contributed by atoms with Crippen molar-refractivity contribution in [2.45, 2.75) is 51.6 Å². The van der Waals surface area contributed by atoms with Gasteiger partial charge in [0, 0.05) is 24.2 Å². The summed E-state index contributed by atoms with van der Waals surface area (Å²) in [7, 11) is 0. The van der Waals surface area contributed by atoms with Gasteiger partial charge in [-0.3, -0.25) is 4.98 Å². The highest BCUT2D eigenvalue weighted by molar-refractivity contribution is 5.54. The molecule has 1 saturated heterocycles. The van der Waals surface area contributed by atoms with Crippen LogP contribution in [0.15, 0.2) is 36.7 Å². The summed E-state index contributed by atoms with van der Waals surface area (Å²) in [5, 5.41) is 3.76. The summed E-state index contributed by atoms with van der Waals surface area (Å²) in [5.41, 5.74) is 6.10. The van der Waals surface area contributed by atoms with Gasteiger partial charge in [0.25, 0.3) is 0 Å². The van der Waals surface area contributed by atoms with Gasteiger partial charge < -0.3 is 10.3 Å². The van der Waals surface area contributed by atoms with Crippen molar-refractivity contribution in [1.29, 1.82) is 0 Å². The molecule has 0 spiro atoms. The van der Waals surface area contributed by atoms with E-state index in [1.807, 2.05) is 18.5 Å². The summed E-state index contributed by atoms with van der Waals surface area (Å²) in [5.74, 6) is 1.52. The van der Waals surface area contributed by atoms with Gasteiger partial charge in [0.05, 0.1) is 11.9 Å². The molecule has 0 aromatic heterocycles. The minimum atomic E-state index is 0.377. The van der Waals surface area contributed by atoms with Gasteiger partial charge in [-0.25, -0.2) is 4.98 Å². The first-order chi connectivity index (χ1) is 11.6. The Morgan fingerprint density at radius 1 is 1.04 bits per heavy atom. The average molecular weight is 320 g/mol. The van der Waals surface area contributed by atoms with E-state index in [1.165, 1.54) is 16.7 Å². The molecular weight excluding hydrogens is 296 g/mol. The Kier molecular flexibility index (Phi) is 3.85. The Hall–Kier alpha value is -2.20. The first kappa shape index (κ1) is 15.3. The number of hydrogen-bond acceptors (Lipinski definition) is 3. The van der Waals surface area contributed by atoms with Gasteiger partial charge in [0.15, 0.2) is 0 Å². The van der Waals surface area contributed by atoms with Crippen LogP contribution in [0, 0.1) is 13.8 Å². The number of fused-ring (bicyclic) bond motifs is 1. The molecule has 3 aliphatic rings. The van der Waals surface area contributed by atoms with Gasteiger partial charge in [-0.1, -0.05) is 18.2 Å². The zero-order valence-corrected chi connectivity index (χ0v) is 14.5. The molecule has 1 fully saturated rings. The van der Waals surface area contributed by atoms with Crippen molar-refractivity contribution < 1.29 is 0 Å². The molecule has 0 bridgehead atoms. The van der Waals surface area contributed by atoms with Crippen molar-refractivity contribution in [3.63, 3.8) is 0 Å². The summed E-state index contributed by atoms with van der Waals surface area (Å²) in [6.45, 7) is 6.62. The third-order valence-electron chi connectivity index (χ3n) is 5.28. The maximum Gasteiger partial charge on any atom is 0.109 e. The van der Waals surface area contributed by atoms with E-state index in [1.54, 1.807) is 0 Å². The molecule has 3 atom stereocenters. The molecule has 124 valence electrons. The van der Waals surface area contributed by atoms with Crippen molar-refractivity contribution in [2.24, 2.45) is 0 Å². The Balaban J connectivity index is 1.62. The van der Waals surface area contributed by atoms with Crippen LogP contribution in [-0.2, 0) is 0 Å². The predicted octanol–water partition coefficient (Wildman–Crippen LogP) is 4.12. The molecule has 0 saturated carbocycles. The van der Waals surface area contributed by atoms with Crippen LogP contribution in [0.1, 0.15) is 54.2 Å². The molecule has 2 N–H and O–H groups in total. The monoisotopic (exact) mass is 320 g/mol. The van der Waals surface area contributed by atoms with Crippen molar-refractivity contribution in [2.75, 3.05) is 0 Å². The summed E-state index contributed by atoms with van der Waals surface area (Å²) in [6, 6.07) is 9.68. The Morgan fingerprint density at radius 3 is 2.75 bits per heavy atom. The van der Waals surface area contributed by atoms with E-state index in [2.05, 4.69) is 59.2 Å². The molecule has 1 aromatic rings. The lowest BCUT2D eigenvalue weighted by atomic mass is 9.84. The molecule has 1 aromatic carbocycles. The van der Waals surface area contributed by atoms with Gasteiger partial charge >= 0.3 is 0 Å². The van der Waals surface area contributed by atoms with Crippen LogP contribution in [0.2, 0.25) is 0 Å². The third-order valence-corrected chi connectivity index (χ3v) is 5.28. The normalized spacial score (nSPS) is 24.4. The predicted molar refractivity (Wildman–Crippen MR) is 96.2 cm³/mol. The fourth-order valence-corrected chi connectivity index (χ4v) is 3.79. The molecule has 4 nitrogen and oxygen atoms in total. The molecule has 4 heteroatoms. The zero-order valence-electron chi connectivity index (χ0n) is 14.5. The van der Waals surface area contributed by atoms with Gasteiger partial charge in [-0.2, -0.15) is 0 Å². The molecule has 4 rings (SSSR count). The van der Waals surface area contributed by atoms with Gasteiger partial charge in [-0.05, 0) is 56.4 Å². The Bertz CT molecular complexity index is 822. The minimum Gasteiger partial charge on any atom is -0.342 e. The third kappa shape index (κ3) is 2.82. The van der Waals surface area contributed by atoms with Crippen molar-refractivity contribution in [3.8, 4) is 11.4 Å². The van der Waals surface area contributed by atoms with Crippen molar-refractivity contribution in [3.05, 3.63) is 59.2 Å². The van der Waals surface area contributed by atoms with Crippen LogP contribution < -0.4 is 5.32 Å². The number of piperidine rings is 1. The molecule has 0 amide bonds. The number of aryl methyl sites for hydroxylation is 2. The highest BCUT2D eigenvalue weighted by atomic mass is 15.0. The Morgan fingerprint density at radius 2 is 1.92 bits per heavy atom. The lowest BCUT2D eigenvalue weighted by Crippen LogP contribution is -2.38. The van der Waals surface area contributed by atoms with Crippen LogP contribution >= 0.6 is 0 Å². The number of aromatic amines is 1. The SMILES string of the molecule is Cc1ccc(C2CC(c3ncc4nccc-4[nH]3)CC(C)N2)cc1C. The average Bonchev–Trinajstić information content (AvgIpc) is 3.04. The zero-order chi connectivity index (χ0) is 16.7. The number of benzene rings is 1. The van der Waals surface area contributed by atoms with E-state index >= 15 is 0 Å². The molecule has 0 radical (unpaired) electrons. The fraction of sp³-hybridized carbons (Fsp3) is 0.400. The molecule has 24 heavy (non-hydrogen) atoms. The fourth-order valence-electron chi connectivity index (χ4n) is 3.79.